The molecule has 0 aliphatic heterocycles. The highest BCUT2D eigenvalue weighted by molar-refractivity contribution is 7.99. The molecule has 0 fully saturated rings. The molecule has 3 aromatic carbocycles. The van der Waals surface area contributed by atoms with E-state index in [4.69, 9.17) is 9.72 Å². The second-order valence-corrected chi connectivity index (χ2v) is 12.7. The zero-order valence-electron chi connectivity index (χ0n) is 22.5. The van der Waals surface area contributed by atoms with Gasteiger partial charge < -0.3 is 9.84 Å². The lowest BCUT2D eigenvalue weighted by atomic mass is 9.87. The van der Waals surface area contributed by atoms with Crippen molar-refractivity contribution in [1.82, 2.24) is 4.98 Å². The van der Waals surface area contributed by atoms with Crippen LogP contribution in [0.25, 0.3) is 22.4 Å². The zero-order valence-corrected chi connectivity index (χ0v) is 24.2. The second kappa shape index (κ2) is 12.6. The molecule has 1 N–H and O–H groups in total. The summed E-state index contributed by atoms with van der Waals surface area (Å²) in [7, 11) is 0.276. The standard InChI is InChI=1S/C32H32N2O3S2/c1-32(2,3)24-12-16-27(17-13-24)39(36)21-25(35)20-38-31-29(19-33)28(22-8-6-5-7-9-22)18-30(34-31)23-10-14-26(37-4)15-11-23/h5-18,25,35H,20-21H2,1-4H3/t25-,39-/m1/s1. The van der Waals surface area contributed by atoms with Crippen LogP contribution in [0, 0.1) is 11.3 Å². The molecular weight excluding hydrogens is 524 g/mol. The Morgan fingerprint density at radius 3 is 2.26 bits per heavy atom. The van der Waals surface area contributed by atoms with Gasteiger partial charge in [-0.25, -0.2) is 4.98 Å². The molecular formula is C32H32N2O3S2. The van der Waals surface area contributed by atoms with Gasteiger partial charge >= 0.3 is 0 Å². The summed E-state index contributed by atoms with van der Waals surface area (Å²) in [5.74, 6) is 1.11. The number of rotatable bonds is 9. The van der Waals surface area contributed by atoms with E-state index in [0.29, 0.717) is 15.5 Å². The van der Waals surface area contributed by atoms with E-state index in [2.05, 4.69) is 26.8 Å². The summed E-state index contributed by atoms with van der Waals surface area (Å²) in [6.07, 6.45) is -0.837. The maximum absolute atomic E-state index is 12.9. The van der Waals surface area contributed by atoms with E-state index >= 15 is 0 Å². The lowest BCUT2D eigenvalue weighted by Gasteiger charge is -2.19. The third kappa shape index (κ3) is 7.15. The Kier molecular flexibility index (Phi) is 9.24. The van der Waals surface area contributed by atoms with Crippen LogP contribution >= 0.6 is 11.8 Å². The van der Waals surface area contributed by atoms with Crippen molar-refractivity contribution in [3.8, 4) is 34.2 Å². The van der Waals surface area contributed by atoms with Gasteiger partial charge in [-0.1, -0.05) is 63.2 Å². The number of aromatic nitrogens is 1. The highest BCUT2D eigenvalue weighted by atomic mass is 32.2. The predicted molar refractivity (Wildman–Crippen MR) is 160 cm³/mol. The maximum atomic E-state index is 12.9. The fourth-order valence-electron chi connectivity index (χ4n) is 4.09. The van der Waals surface area contributed by atoms with E-state index in [-0.39, 0.29) is 16.9 Å². The highest BCUT2D eigenvalue weighted by Gasteiger charge is 2.19. The molecule has 0 aliphatic rings. The minimum atomic E-state index is -1.35. The van der Waals surface area contributed by atoms with Crippen LogP contribution < -0.4 is 4.74 Å². The van der Waals surface area contributed by atoms with Crippen LogP contribution in [-0.4, -0.2) is 39.0 Å². The molecule has 0 spiro atoms. The van der Waals surface area contributed by atoms with Gasteiger partial charge in [-0.05, 0) is 59.0 Å². The second-order valence-electron chi connectivity index (χ2n) is 10.2. The Balaban J connectivity index is 1.57. The third-order valence-corrected chi connectivity index (χ3v) is 8.91. The lowest BCUT2D eigenvalue weighted by Crippen LogP contribution is -2.20. The van der Waals surface area contributed by atoms with Gasteiger partial charge in [0.2, 0.25) is 0 Å². The SMILES string of the molecule is COc1ccc(-c2cc(-c3ccccc3)c(C#N)c(SC[C@@H](O)C[S@@](=O)c3ccc(C(C)(C)C)cc3)n2)cc1. The van der Waals surface area contributed by atoms with Crippen LogP contribution in [0.3, 0.4) is 0 Å². The van der Waals surface area contributed by atoms with E-state index in [1.165, 1.54) is 17.3 Å². The molecule has 0 aliphatic carbocycles. The number of ether oxygens (including phenoxy) is 1. The number of hydrogen-bond donors (Lipinski definition) is 1. The molecule has 7 heteroatoms. The smallest absolute Gasteiger partial charge is 0.118 e. The van der Waals surface area contributed by atoms with Crippen LogP contribution in [0.15, 0.2) is 94.9 Å². The van der Waals surface area contributed by atoms with Crippen molar-refractivity contribution in [2.45, 2.75) is 42.2 Å². The fraction of sp³-hybridized carbons (Fsp3) is 0.250. The summed E-state index contributed by atoms with van der Waals surface area (Å²) in [6, 6.07) is 29.3. The molecule has 0 saturated carbocycles. The van der Waals surface area contributed by atoms with E-state index in [0.717, 1.165) is 28.1 Å². The molecule has 200 valence electrons. The fourth-order valence-corrected chi connectivity index (χ4v) is 6.27. The molecule has 1 heterocycles. The van der Waals surface area contributed by atoms with Gasteiger partial charge in [0.25, 0.3) is 0 Å². The van der Waals surface area contributed by atoms with Crippen LogP contribution in [-0.2, 0) is 16.2 Å². The van der Waals surface area contributed by atoms with Crippen molar-refractivity contribution >= 4 is 22.6 Å². The monoisotopic (exact) mass is 556 g/mol. The van der Waals surface area contributed by atoms with Crippen molar-refractivity contribution in [1.29, 1.82) is 5.26 Å². The first-order valence-corrected chi connectivity index (χ1v) is 14.9. The van der Waals surface area contributed by atoms with E-state index in [1.54, 1.807) is 7.11 Å². The number of aliphatic hydroxyl groups excluding tert-OH is 1. The van der Waals surface area contributed by atoms with E-state index in [9.17, 15) is 14.6 Å². The first-order chi connectivity index (χ1) is 18.7. The molecule has 0 amide bonds. The average Bonchev–Trinajstić information content (AvgIpc) is 2.95. The van der Waals surface area contributed by atoms with Crippen LogP contribution in [0.1, 0.15) is 31.9 Å². The molecule has 0 unspecified atom stereocenters. The topological polar surface area (TPSA) is 83.2 Å². The van der Waals surface area contributed by atoms with Gasteiger partial charge in [-0.15, -0.1) is 11.8 Å². The van der Waals surface area contributed by atoms with Gasteiger partial charge in [-0.2, -0.15) is 5.26 Å². The van der Waals surface area contributed by atoms with Gasteiger partial charge in [0, 0.05) is 21.8 Å². The Morgan fingerprint density at radius 1 is 1.00 bits per heavy atom. The lowest BCUT2D eigenvalue weighted by molar-refractivity contribution is 0.224. The summed E-state index contributed by atoms with van der Waals surface area (Å²) in [4.78, 5) is 5.50. The van der Waals surface area contributed by atoms with Crippen molar-refractivity contribution < 1.29 is 14.1 Å². The number of nitriles is 1. The first-order valence-electron chi connectivity index (χ1n) is 12.6. The Labute approximate surface area is 237 Å². The average molecular weight is 557 g/mol. The maximum Gasteiger partial charge on any atom is 0.118 e. The van der Waals surface area contributed by atoms with E-state index < -0.39 is 16.9 Å². The van der Waals surface area contributed by atoms with Gasteiger partial charge in [0.15, 0.2) is 0 Å². The number of aliphatic hydroxyl groups is 1. The van der Waals surface area contributed by atoms with Gasteiger partial charge in [0.05, 0.1) is 41.0 Å². The zero-order chi connectivity index (χ0) is 28.0. The van der Waals surface area contributed by atoms with Crippen molar-refractivity contribution in [3.63, 3.8) is 0 Å². The Bertz CT molecular complexity index is 1470. The largest absolute Gasteiger partial charge is 0.497 e. The molecule has 1 aromatic heterocycles. The van der Waals surface area contributed by atoms with Crippen molar-refractivity contribution in [3.05, 3.63) is 96.1 Å². The molecule has 39 heavy (non-hydrogen) atoms. The van der Waals surface area contributed by atoms with Crippen molar-refractivity contribution in [2.75, 3.05) is 18.6 Å². The number of hydrogen-bond acceptors (Lipinski definition) is 6. The van der Waals surface area contributed by atoms with Crippen molar-refractivity contribution in [2.24, 2.45) is 0 Å². The minimum Gasteiger partial charge on any atom is -0.497 e. The quantitative estimate of drug-likeness (QED) is 0.227. The molecule has 2 atom stereocenters. The minimum absolute atomic E-state index is 0.0145. The van der Waals surface area contributed by atoms with Gasteiger partial charge in [-0.3, -0.25) is 4.21 Å². The Morgan fingerprint density at radius 2 is 1.67 bits per heavy atom. The summed E-state index contributed by atoms with van der Waals surface area (Å²) in [5, 5.41) is 21.4. The first kappa shape index (κ1) is 28.6. The molecule has 4 rings (SSSR count). The summed E-state index contributed by atoms with van der Waals surface area (Å²) in [5.41, 5.74) is 4.93. The van der Waals surface area contributed by atoms with Crippen LogP contribution in [0.2, 0.25) is 0 Å². The number of thioether (sulfide) groups is 1. The summed E-state index contributed by atoms with van der Waals surface area (Å²) >= 11 is 1.31. The highest BCUT2D eigenvalue weighted by Crippen LogP contribution is 2.35. The Hall–Kier alpha value is -3.44. The van der Waals surface area contributed by atoms with Crippen LogP contribution in [0.5, 0.6) is 5.75 Å². The number of pyridine rings is 1. The molecule has 5 nitrogen and oxygen atoms in total. The number of benzene rings is 3. The van der Waals surface area contributed by atoms with E-state index in [1.807, 2.05) is 84.9 Å². The molecule has 0 bridgehead atoms. The number of methoxy groups -OCH3 is 1. The molecule has 4 aromatic rings. The van der Waals surface area contributed by atoms with Crippen LogP contribution in [0.4, 0.5) is 0 Å². The number of nitrogens with zero attached hydrogens (tertiary/aromatic N) is 2. The summed E-state index contributed by atoms with van der Waals surface area (Å²) in [6.45, 7) is 6.41. The summed E-state index contributed by atoms with van der Waals surface area (Å²) < 4.78 is 18.2. The van der Waals surface area contributed by atoms with Gasteiger partial charge in [0.1, 0.15) is 16.8 Å². The third-order valence-electron chi connectivity index (χ3n) is 6.31. The predicted octanol–water partition coefficient (Wildman–Crippen LogP) is 6.85. The molecule has 0 radical (unpaired) electrons. The molecule has 0 saturated heterocycles. The normalized spacial score (nSPS) is 12.9.